The van der Waals surface area contributed by atoms with Crippen molar-refractivity contribution in [3.8, 4) is 0 Å². The van der Waals surface area contributed by atoms with Gasteiger partial charge in [-0.25, -0.2) is 0 Å². The lowest BCUT2D eigenvalue weighted by Crippen LogP contribution is -2.34. The van der Waals surface area contributed by atoms with E-state index in [0.717, 1.165) is 29.8 Å². The van der Waals surface area contributed by atoms with Crippen LogP contribution in [0.15, 0.2) is 73.2 Å². The van der Waals surface area contributed by atoms with Crippen LogP contribution in [0.5, 0.6) is 0 Å². The van der Waals surface area contributed by atoms with E-state index in [1.165, 1.54) is 18.2 Å². The fraction of sp³-hybridized carbons (Fsp3) is 0.182. The summed E-state index contributed by atoms with van der Waals surface area (Å²) in [5.41, 5.74) is 2.85. The minimum Gasteiger partial charge on any atom is -0.349 e. The number of aromatic nitrogens is 2. The number of nitrogens with zero attached hydrogens (tertiary/aromatic N) is 4. The van der Waals surface area contributed by atoms with Crippen molar-refractivity contribution >= 4 is 17.7 Å². The summed E-state index contributed by atoms with van der Waals surface area (Å²) in [7, 11) is 0. The third kappa shape index (κ3) is 3.94. The molecular formula is C22H20N4O3. The Balaban J connectivity index is 1.62. The molecular weight excluding hydrogens is 368 g/mol. The number of amides is 1. The molecule has 0 spiro atoms. The Bertz CT molecular complexity index is 1040. The molecule has 7 heteroatoms. The van der Waals surface area contributed by atoms with Gasteiger partial charge in [0.2, 0.25) is 5.91 Å². The van der Waals surface area contributed by atoms with Crippen LogP contribution in [0.25, 0.3) is 6.08 Å². The van der Waals surface area contributed by atoms with Crippen molar-refractivity contribution in [2.24, 2.45) is 0 Å². The second-order valence-electron chi connectivity index (χ2n) is 6.88. The van der Waals surface area contributed by atoms with E-state index in [9.17, 15) is 14.9 Å². The predicted molar refractivity (Wildman–Crippen MR) is 109 cm³/mol. The summed E-state index contributed by atoms with van der Waals surface area (Å²) in [6, 6.07) is 13.9. The van der Waals surface area contributed by atoms with Crippen molar-refractivity contribution in [3.63, 3.8) is 0 Å². The van der Waals surface area contributed by atoms with Crippen molar-refractivity contribution in [3.05, 3.63) is 100 Å². The van der Waals surface area contributed by atoms with Crippen LogP contribution in [-0.4, -0.2) is 31.8 Å². The smallest absolute Gasteiger partial charge is 0.269 e. The number of hydrogen-bond donors (Lipinski definition) is 0. The molecule has 0 saturated heterocycles. The zero-order valence-corrected chi connectivity index (χ0v) is 15.7. The first-order chi connectivity index (χ1) is 14.1. The van der Waals surface area contributed by atoms with Crippen LogP contribution in [0.3, 0.4) is 0 Å². The van der Waals surface area contributed by atoms with Gasteiger partial charge < -0.3 is 9.47 Å². The third-order valence-electron chi connectivity index (χ3n) is 5.08. The van der Waals surface area contributed by atoms with E-state index in [4.69, 9.17) is 0 Å². The van der Waals surface area contributed by atoms with Gasteiger partial charge in [0.25, 0.3) is 5.69 Å². The van der Waals surface area contributed by atoms with E-state index < -0.39 is 4.92 Å². The number of carbonyl (C=O) groups excluding carboxylic acids is 1. The molecule has 0 aliphatic carbocycles. The number of non-ortho nitro benzene ring substituents is 1. The summed E-state index contributed by atoms with van der Waals surface area (Å²) in [4.78, 5) is 29.4. The maximum absolute atomic E-state index is 13.1. The van der Waals surface area contributed by atoms with Crippen molar-refractivity contribution < 1.29 is 9.72 Å². The molecule has 0 radical (unpaired) electrons. The van der Waals surface area contributed by atoms with Gasteiger partial charge in [-0.2, -0.15) is 0 Å². The molecule has 1 unspecified atom stereocenters. The van der Waals surface area contributed by atoms with Gasteiger partial charge >= 0.3 is 0 Å². The van der Waals surface area contributed by atoms with E-state index in [0.29, 0.717) is 6.54 Å². The number of hydrogen-bond acceptors (Lipinski definition) is 4. The SMILES string of the molecule is O=C(/C=C/c1ccc([N+](=O)[O-])cc1)N1CCCn2cccc2C1c1ccncc1. The highest BCUT2D eigenvalue weighted by Crippen LogP contribution is 2.31. The molecule has 1 aromatic carbocycles. The molecule has 1 aliphatic rings. The molecule has 3 heterocycles. The van der Waals surface area contributed by atoms with Crippen molar-refractivity contribution in [2.45, 2.75) is 19.0 Å². The van der Waals surface area contributed by atoms with E-state index in [1.54, 1.807) is 30.6 Å². The summed E-state index contributed by atoms with van der Waals surface area (Å²) < 4.78 is 2.19. The minimum atomic E-state index is -0.440. The topological polar surface area (TPSA) is 81.3 Å². The number of benzene rings is 1. The highest BCUT2D eigenvalue weighted by Gasteiger charge is 2.29. The molecule has 0 N–H and O–H groups in total. The molecule has 2 aromatic heterocycles. The van der Waals surface area contributed by atoms with Gasteiger partial charge in [0, 0.05) is 55.6 Å². The highest BCUT2D eigenvalue weighted by atomic mass is 16.6. The molecule has 7 nitrogen and oxygen atoms in total. The van der Waals surface area contributed by atoms with Gasteiger partial charge in [0.15, 0.2) is 0 Å². The van der Waals surface area contributed by atoms with Crippen LogP contribution in [0, 0.1) is 10.1 Å². The minimum absolute atomic E-state index is 0.0273. The van der Waals surface area contributed by atoms with E-state index in [2.05, 4.69) is 15.6 Å². The van der Waals surface area contributed by atoms with E-state index >= 15 is 0 Å². The fourth-order valence-corrected chi connectivity index (χ4v) is 3.68. The number of aryl methyl sites for hydroxylation is 1. The predicted octanol–water partition coefficient (Wildman–Crippen LogP) is 3.83. The quantitative estimate of drug-likeness (QED) is 0.386. The summed E-state index contributed by atoms with van der Waals surface area (Å²) in [6.07, 6.45) is 9.61. The Morgan fingerprint density at radius 3 is 2.59 bits per heavy atom. The van der Waals surface area contributed by atoms with E-state index in [-0.39, 0.29) is 17.6 Å². The normalized spacial score (nSPS) is 16.4. The Labute approximate surface area is 168 Å². The molecule has 4 rings (SSSR count). The number of nitro groups is 1. The molecule has 1 aliphatic heterocycles. The van der Waals surface area contributed by atoms with Crippen LogP contribution in [-0.2, 0) is 11.3 Å². The molecule has 1 amide bonds. The number of pyridine rings is 1. The molecule has 146 valence electrons. The van der Waals surface area contributed by atoms with Crippen LogP contribution in [0.1, 0.15) is 29.3 Å². The summed E-state index contributed by atoms with van der Waals surface area (Å²) in [6.45, 7) is 1.50. The number of fused-ring (bicyclic) bond motifs is 1. The summed E-state index contributed by atoms with van der Waals surface area (Å²) in [5.74, 6) is -0.0974. The summed E-state index contributed by atoms with van der Waals surface area (Å²) >= 11 is 0. The molecule has 0 fully saturated rings. The second-order valence-corrected chi connectivity index (χ2v) is 6.88. The number of carbonyl (C=O) groups is 1. The lowest BCUT2D eigenvalue weighted by atomic mass is 10.0. The zero-order chi connectivity index (χ0) is 20.2. The molecule has 0 saturated carbocycles. The Hall–Kier alpha value is -3.74. The van der Waals surface area contributed by atoms with E-state index in [1.807, 2.05) is 29.3 Å². The monoisotopic (exact) mass is 388 g/mol. The first-order valence-corrected chi connectivity index (χ1v) is 9.41. The van der Waals surface area contributed by atoms with Gasteiger partial charge in [-0.15, -0.1) is 0 Å². The maximum Gasteiger partial charge on any atom is 0.269 e. The summed E-state index contributed by atoms with van der Waals surface area (Å²) in [5, 5.41) is 10.8. The lowest BCUT2D eigenvalue weighted by Gasteiger charge is -2.29. The standard InChI is InChI=1S/C22H20N4O3/c27-21(9-6-17-4-7-19(8-5-17)26(28)29)25-16-2-15-24-14-1-3-20(24)22(25)18-10-12-23-13-11-18/h1,3-14,22H,2,15-16H2/b9-6+. The van der Waals surface area contributed by atoms with Crippen LogP contribution < -0.4 is 0 Å². The average Bonchev–Trinajstić information content (AvgIpc) is 3.12. The zero-order valence-electron chi connectivity index (χ0n) is 15.7. The maximum atomic E-state index is 13.1. The Kier molecular flexibility index (Phi) is 5.20. The van der Waals surface area contributed by atoms with Crippen molar-refractivity contribution in [2.75, 3.05) is 6.54 Å². The van der Waals surface area contributed by atoms with Crippen molar-refractivity contribution in [1.29, 1.82) is 0 Å². The van der Waals surface area contributed by atoms with Crippen LogP contribution in [0.4, 0.5) is 5.69 Å². The number of nitro benzene ring substituents is 1. The lowest BCUT2D eigenvalue weighted by molar-refractivity contribution is -0.384. The fourth-order valence-electron chi connectivity index (χ4n) is 3.68. The Morgan fingerprint density at radius 2 is 1.86 bits per heavy atom. The highest BCUT2D eigenvalue weighted by molar-refractivity contribution is 5.92. The van der Waals surface area contributed by atoms with Gasteiger partial charge in [0.1, 0.15) is 0 Å². The van der Waals surface area contributed by atoms with Gasteiger partial charge in [-0.3, -0.25) is 19.9 Å². The number of rotatable bonds is 4. The first-order valence-electron chi connectivity index (χ1n) is 9.41. The van der Waals surface area contributed by atoms with Gasteiger partial charge in [0.05, 0.1) is 11.0 Å². The molecule has 3 aromatic rings. The first kappa shape index (κ1) is 18.6. The van der Waals surface area contributed by atoms with Gasteiger partial charge in [-0.1, -0.05) is 0 Å². The third-order valence-corrected chi connectivity index (χ3v) is 5.08. The Morgan fingerprint density at radius 1 is 1.10 bits per heavy atom. The van der Waals surface area contributed by atoms with Crippen LogP contribution in [0.2, 0.25) is 0 Å². The van der Waals surface area contributed by atoms with Crippen molar-refractivity contribution in [1.82, 2.24) is 14.5 Å². The average molecular weight is 388 g/mol. The molecule has 1 atom stereocenters. The van der Waals surface area contributed by atoms with Gasteiger partial charge in [-0.05, 0) is 60.0 Å². The molecule has 0 bridgehead atoms. The second kappa shape index (κ2) is 8.10. The van der Waals surface area contributed by atoms with Crippen LogP contribution >= 0.6 is 0 Å². The largest absolute Gasteiger partial charge is 0.349 e. The molecule has 29 heavy (non-hydrogen) atoms.